The molecule has 0 spiro atoms. The monoisotopic (exact) mass is 353 g/mol. The van der Waals surface area contributed by atoms with Gasteiger partial charge in [-0.15, -0.1) is 0 Å². The average Bonchev–Trinajstić information content (AvgIpc) is 2.40. The number of aromatic carboxylic acids is 1. The van der Waals surface area contributed by atoms with Gasteiger partial charge in [-0.3, -0.25) is 4.79 Å². The summed E-state index contributed by atoms with van der Waals surface area (Å²) in [6.07, 6.45) is 0. The van der Waals surface area contributed by atoms with Gasteiger partial charge in [-0.2, -0.15) is 0 Å². The summed E-state index contributed by atoms with van der Waals surface area (Å²) in [5, 5.41) is 20.9. The molecule has 0 saturated carbocycles. The molecule has 7 heteroatoms. The summed E-state index contributed by atoms with van der Waals surface area (Å²) < 4.78 is 13.2. The first-order valence-corrected chi connectivity index (χ1v) is 6.50. The van der Waals surface area contributed by atoms with Gasteiger partial charge in [-0.1, -0.05) is 0 Å². The van der Waals surface area contributed by atoms with Crippen molar-refractivity contribution >= 4 is 33.5 Å². The van der Waals surface area contributed by atoms with Crippen molar-refractivity contribution in [3.05, 3.63) is 57.8 Å². The molecule has 2 aromatic carbocycles. The fourth-order valence-electron chi connectivity index (χ4n) is 1.63. The molecule has 2 rings (SSSR count). The number of phenols is 1. The van der Waals surface area contributed by atoms with Gasteiger partial charge in [0.15, 0.2) is 0 Å². The number of carbonyl (C=O) groups excluding carboxylic acids is 1. The molecule has 0 aliphatic rings. The Labute approximate surface area is 127 Å². The molecule has 108 valence electrons. The number of aromatic hydroxyl groups is 1. The van der Waals surface area contributed by atoms with E-state index in [9.17, 15) is 19.1 Å². The van der Waals surface area contributed by atoms with Crippen LogP contribution in [0.5, 0.6) is 5.75 Å². The zero-order valence-corrected chi connectivity index (χ0v) is 12.0. The van der Waals surface area contributed by atoms with E-state index in [2.05, 4.69) is 21.2 Å². The van der Waals surface area contributed by atoms with Crippen LogP contribution in [-0.2, 0) is 0 Å². The molecule has 0 aromatic heterocycles. The number of amides is 1. The number of carboxylic acid groups (broad SMARTS) is 1. The standard InChI is InChI=1S/C14H9BrFNO4/c15-10-6-8(16)2-3-9(10)13(19)17-11-4-1-7(14(20)21)5-12(11)18/h1-6,18H,(H,17,19)(H,20,21). The summed E-state index contributed by atoms with van der Waals surface area (Å²) in [7, 11) is 0. The number of carboxylic acids is 1. The Kier molecular flexibility index (Phi) is 4.23. The summed E-state index contributed by atoms with van der Waals surface area (Å²) in [6, 6.07) is 7.11. The average molecular weight is 354 g/mol. The summed E-state index contributed by atoms with van der Waals surface area (Å²) in [6.45, 7) is 0. The second-order valence-corrected chi connectivity index (χ2v) is 4.97. The van der Waals surface area contributed by atoms with Crippen LogP contribution >= 0.6 is 15.9 Å². The van der Waals surface area contributed by atoms with Crippen molar-refractivity contribution < 1.29 is 24.2 Å². The molecule has 0 aliphatic heterocycles. The molecular formula is C14H9BrFNO4. The van der Waals surface area contributed by atoms with E-state index >= 15 is 0 Å². The van der Waals surface area contributed by atoms with Gasteiger partial charge in [0.1, 0.15) is 11.6 Å². The zero-order valence-electron chi connectivity index (χ0n) is 10.4. The second-order valence-electron chi connectivity index (χ2n) is 4.12. The van der Waals surface area contributed by atoms with Crippen LogP contribution in [0.15, 0.2) is 40.9 Å². The third kappa shape index (κ3) is 3.38. The maximum Gasteiger partial charge on any atom is 0.335 e. The smallest absolute Gasteiger partial charge is 0.335 e. The second kappa shape index (κ2) is 5.92. The number of phenolic OH excluding ortho intramolecular Hbond substituents is 1. The van der Waals surface area contributed by atoms with Crippen LogP contribution in [0.2, 0.25) is 0 Å². The quantitative estimate of drug-likeness (QED) is 0.739. The van der Waals surface area contributed by atoms with Crippen LogP contribution in [0.25, 0.3) is 0 Å². The Balaban J connectivity index is 2.25. The molecule has 0 atom stereocenters. The van der Waals surface area contributed by atoms with Gasteiger partial charge in [-0.05, 0) is 52.3 Å². The molecule has 2 aromatic rings. The van der Waals surface area contributed by atoms with Gasteiger partial charge in [0.25, 0.3) is 5.91 Å². The number of carbonyl (C=O) groups is 2. The summed E-state index contributed by atoms with van der Waals surface area (Å²) >= 11 is 3.07. The molecule has 21 heavy (non-hydrogen) atoms. The van der Waals surface area contributed by atoms with Crippen molar-refractivity contribution in [3.63, 3.8) is 0 Å². The van der Waals surface area contributed by atoms with Crippen molar-refractivity contribution in [1.29, 1.82) is 0 Å². The van der Waals surface area contributed by atoms with E-state index < -0.39 is 17.7 Å². The zero-order chi connectivity index (χ0) is 15.6. The van der Waals surface area contributed by atoms with Crippen molar-refractivity contribution in [3.8, 4) is 5.75 Å². The Hall–Kier alpha value is -2.41. The largest absolute Gasteiger partial charge is 0.506 e. The Bertz CT molecular complexity index is 733. The lowest BCUT2D eigenvalue weighted by Crippen LogP contribution is -2.13. The molecule has 0 bridgehead atoms. The van der Waals surface area contributed by atoms with E-state index in [0.29, 0.717) is 0 Å². The predicted octanol–water partition coefficient (Wildman–Crippen LogP) is 3.24. The van der Waals surface area contributed by atoms with E-state index in [-0.39, 0.29) is 27.0 Å². The maximum absolute atomic E-state index is 13.0. The first kappa shape index (κ1) is 15.0. The minimum Gasteiger partial charge on any atom is -0.506 e. The number of halogens is 2. The van der Waals surface area contributed by atoms with Gasteiger partial charge < -0.3 is 15.5 Å². The number of hydrogen-bond donors (Lipinski definition) is 3. The molecule has 1 amide bonds. The van der Waals surface area contributed by atoms with E-state index in [4.69, 9.17) is 5.11 Å². The highest BCUT2D eigenvalue weighted by molar-refractivity contribution is 9.10. The highest BCUT2D eigenvalue weighted by Gasteiger charge is 2.14. The molecule has 0 unspecified atom stereocenters. The molecule has 3 N–H and O–H groups in total. The van der Waals surface area contributed by atoms with Crippen LogP contribution in [0.3, 0.4) is 0 Å². The topological polar surface area (TPSA) is 86.6 Å². The first-order valence-electron chi connectivity index (χ1n) is 5.71. The fourth-order valence-corrected chi connectivity index (χ4v) is 2.16. The fraction of sp³-hybridized carbons (Fsp3) is 0. The minimum atomic E-state index is -1.19. The van der Waals surface area contributed by atoms with Crippen LogP contribution in [-0.4, -0.2) is 22.1 Å². The number of anilines is 1. The van der Waals surface area contributed by atoms with E-state index in [1.165, 1.54) is 18.2 Å². The normalized spacial score (nSPS) is 10.2. The van der Waals surface area contributed by atoms with Crippen LogP contribution < -0.4 is 5.32 Å². The molecule has 5 nitrogen and oxygen atoms in total. The van der Waals surface area contributed by atoms with Crippen LogP contribution in [0.1, 0.15) is 20.7 Å². The third-order valence-corrected chi connectivity index (χ3v) is 3.32. The van der Waals surface area contributed by atoms with Gasteiger partial charge in [-0.25, -0.2) is 9.18 Å². The Morgan fingerprint density at radius 2 is 1.86 bits per heavy atom. The van der Waals surface area contributed by atoms with Gasteiger partial charge in [0.2, 0.25) is 0 Å². The molecular weight excluding hydrogens is 345 g/mol. The highest BCUT2D eigenvalue weighted by atomic mass is 79.9. The molecule has 0 fully saturated rings. The molecule has 0 radical (unpaired) electrons. The number of nitrogens with one attached hydrogen (secondary N) is 1. The van der Waals surface area contributed by atoms with Crippen LogP contribution in [0, 0.1) is 5.82 Å². The maximum atomic E-state index is 13.0. The number of rotatable bonds is 3. The highest BCUT2D eigenvalue weighted by Crippen LogP contribution is 2.26. The number of benzene rings is 2. The predicted molar refractivity (Wildman–Crippen MR) is 77.1 cm³/mol. The van der Waals surface area contributed by atoms with E-state index in [0.717, 1.165) is 18.2 Å². The van der Waals surface area contributed by atoms with Crippen molar-refractivity contribution in [1.82, 2.24) is 0 Å². The molecule has 0 heterocycles. The van der Waals surface area contributed by atoms with Gasteiger partial charge in [0, 0.05) is 4.47 Å². The molecule has 0 saturated heterocycles. The number of hydrogen-bond acceptors (Lipinski definition) is 3. The van der Waals surface area contributed by atoms with Gasteiger partial charge in [0.05, 0.1) is 16.8 Å². The minimum absolute atomic E-state index is 0.0567. The Morgan fingerprint density at radius 3 is 2.43 bits per heavy atom. The van der Waals surface area contributed by atoms with E-state index in [1.54, 1.807) is 0 Å². The van der Waals surface area contributed by atoms with Gasteiger partial charge >= 0.3 is 5.97 Å². The summed E-state index contributed by atoms with van der Waals surface area (Å²) in [5.41, 5.74) is 0.132. The summed E-state index contributed by atoms with van der Waals surface area (Å²) in [5.74, 6) is -2.63. The Morgan fingerprint density at radius 1 is 1.14 bits per heavy atom. The lowest BCUT2D eigenvalue weighted by Gasteiger charge is -2.09. The lowest BCUT2D eigenvalue weighted by molar-refractivity contribution is 0.0696. The lowest BCUT2D eigenvalue weighted by atomic mass is 10.1. The SMILES string of the molecule is O=C(O)c1ccc(NC(=O)c2ccc(F)cc2Br)c(O)c1. The van der Waals surface area contributed by atoms with E-state index in [1.807, 2.05) is 0 Å². The van der Waals surface area contributed by atoms with Crippen molar-refractivity contribution in [2.45, 2.75) is 0 Å². The van der Waals surface area contributed by atoms with Crippen molar-refractivity contribution in [2.75, 3.05) is 5.32 Å². The van der Waals surface area contributed by atoms with Crippen LogP contribution in [0.4, 0.5) is 10.1 Å². The van der Waals surface area contributed by atoms with Crippen molar-refractivity contribution in [2.24, 2.45) is 0 Å². The third-order valence-electron chi connectivity index (χ3n) is 2.67. The first-order chi connectivity index (χ1) is 9.88. The summed E-state index contributed by atoms with van der Waals surface area (Å²) in [4.78, 5) is 22.8. The molecule has 0 aliphatic carbocycles.